The molecule has 4 N–H and O–H groups in total. The summed E-state index contributed by atoms with van der Waals surface area (Å²) in [6.07, 6.45) is -0.793. The molecule has 5 nitrogen and oxygen atoms in total. The van der Waals surface area contributed by atoms with Gasteiger partial charge in [-0.25, -0.2) is 0 Å². The zero-order chi connectivity index (χ0) is 15.3. The summed E-state index contributed by atoms with van der Waals surface area (Å²) in [6, 6.07) is 4.98. The van der Waals surface area contributed by atoms with Crippen LogP contribution in [0.3, 0.4) is 0 Å². The predicted molar refractivity (Wildman–Crippen MR) is 76.9 cm³/mol. The maximum absolute atomic E-state index is 10.6. The molecule has 1 aromatic rings. The molecule has 0 heterocycles. The van der Waals surface area contributed by atoms with Gasteiger partial charge in [0.25, 0.3) is 0 Å². The van der Waals surface area contributed by atoms with Crippen LogP contribution in [-0.4, -0.2) is 29.3 Å². The lowest BCUT2D eigenvalue weighted by atomic mass is 9.93. The number of hydrogen-bond donors (Lipinski definition) is 3. The van der Waals surface area contributed by atoms with Crippen molar-refractivity contribution >= 4 is 5.97 Å². The Hall–Kier alpha value is -1.59. The summed E-state index contributed by atoms with van der Waals surface area (Å²) >= 11 is 0. The average Bonchev–Trinajstić information content (AvgIpc) is 2.42. The smallest absolute Gasteiger partial charge is 0.303 e. The molecule has 0 amide bonds. The van der Waals surface area contributed by atoms with Crippen molar-refractivity contribution in [3.05, 3.63) is 29.3 Å². The van der Waals surface area contributed by atoms with Gasteiger partial charge in [-0.1, -0.05) is 19.9 Å². The van der Waals surface area contributed by atoms with Crippen LogP contribution in [0, 0.1) is 0 Å². The highest BCUT2D eigenvalue weighted by Crippen LogP contribution is 2.31. The van der Waals surface area contributed by atoms with Gasteiger partial charge in [-0.15, -0.1) is 0 Å². The molecule has 1 rings (SSSR count). The Morgan fingerprint density at radius 2 is 2.05 bits per heavy atom. The van der Waals surface area contributed by atoms with Crippen molar-refractivity contribution in [2.75, 3.05) is 7.11 Å². The second-order valence-electron chi connectivity index (χ2n) is 5.20. The number of aliphatic hydroxyl groups excluding tert-OH is 1. The van der Waals surface area contributed by atoms with Gasteiger partial charge >= 0.3 is 5.97 Å². The highest BCUT2D eigenvalue weighted by atomic mass is 16.5. The molecule has 2 atom stereocenters. The maximum Gasteiger partial charge on any atom is 0.303 e. The average molecular weight is 281 g/mol. The second kappa shape index (κ2) is 7.26. The molecule has 20 heavy (non-hydrogen) atoms. The molecule has 0 aliphatic carbocycles. The number of aliphatic hydroxyl groups is 1. The van der Waals surface area contributed by atoms with Crippen LogP contribution in [0.5, 0.6) is 5.75 Å². The zero-order valence-corrected chi connectivity index (χ0v) is 12.2. The number of nitrogens with two attached hydrogens (primary N) is 1. The fourth-order valence-electron chi connectivity index (χ4n) is 2.02. The number of methoxy groups -OCH3 is 1. The summed E-state index contributed by atoms with van der Waals surface area (Å²) < 4.78 is 5.25. The van der Waals surface area contributed by atoms with E-state index in [0.29, 0.717) is 17.2 Å². The van der Waals surface area contributed by atoms with Gasteiger partial charge in [-0.2, -0.15) is 0 Å². The van der Waals surface area contributed by atoms with E-state index < -0.39 is 18.1 Å². The third-order valence-corrected chi connectivity index (χ3v) is 3.34. The lowest BCUT2D eigenvalue weighted by Gasteiger charge is -2.22. The molecule has 0 bridgehead atoms. The largest absolute Gasteiger partial charge is 0.496 e. The molecule has 2 unspecified atom stereocenters. The Balaban J connectivity index is 2.96. The molecule has 0 aromatic heterocycles. The van der Waals surface area contributed by atoms with Gasteiger partial charge in [-0.3, -0.25) is 4.79 Å². The van der Waals surface area contributed by atoms with Crippen molar-refractivity contribution in [3.63, 3.8) is 0 Å². The first-order chi connectivity index (χ1) is 9.36. The quantitative estimate of drug-likeness (QED) is 0.711. The molecular formula is C15H23NO4. The van der Waals surface area contributed by atoms with Crippen LogP contribution < -0.4 is 10.5 Å². The highest BCUT2D eigenvalue weighted by Gasteiger charge is 2.22. The lowest BCUT2D eigenvalue weighted by Crippen LogP contribution is -2.29. The standard InChI is InChI=1S/C15H23NO4/c1-9(2)10-4-6-13(20-3)11(8-10)15(19)12(16)5-7-14(17)18/h4,6,8-9,12,15,19H,5,7,16H2,1-3H3,(H,17,18). The van der Waals surface area contributed by atoms with Gasteiger partial charge < -0.3 is 20.7 Å². The SMILES string of the molecule is COc1ccc(C(C)C)cc1C(O)C(N)CCC(=O)O. The third kappa shape index (κ3) is 4.21. The number of benzene rings is 1. The Morgan fingerprint density at radius 1 is 1.40 bits per heavy atom. The van der Waals surface area contributed by atoms with E-state index in [0.717, 1.165) is 5.56 Å². The molecule has 0 aliphatic rings. The first-order valence-corrected chi connectivity index (χ1v) is 6.70. The van der Waals surface area contributed by atoms with Crippen molar-refractivity contribution in [2.45, 2.75) is 44.8 Å². The lowest BCUT2D eigenvalue weighted by molar-refractivity contribution is -0.137. The summed E-state index contributed by atoms with van der Waals surface area (Å²) in [4.78, 5) is 10.6. The number of carboxylic acids is 1. The number of rotatable bonds is 7. The van der Waals surface area contributed by atoms with E-state index in [1.807, 2.05) is 12.1 Å². The topological polar surface area (TPSA) is 92.8 Å². The normalized spacial score (nSPS) is 14.1. The van der Waals surface area contributed by atoms with Crippen molar-refractivity contribution in [1.29, 1.82) is 0 Å². The van der Waals surface area contributed by atoms with E-state index in [9.17, 15) is 9.90 Å². The number of aliphatic carboxylic acids is 1. The maximum atomic E-state index is 10.6. The van der Waals surface area contributed by atoms with Crippen LogP contribution in [0.4, 0.5) is 0 Å². The van der Waals surface area contributed by atoms with E-state index in [-0.39, 0.29) is 12.8 Å². The Bertz CT molecular complexity index is 459. The number of carbonyl (C=O) groups is 1. The summed E-state index contributed by atoms with van der Waals surface area (Å²) in [5.41, 5.74) is 7.56. The van der Waals surface area contributed by atoms with Gasteiger partial charge in [0.2, 0.25) is 0 Å². The zero-order valence-electron chi connectivity index (χ0n) is 12.2. The fraction of sp³-hybridized carbons (Fsp3) is 0.533. The number of carboxylic acid groups (broad SMARTS) is 1. The summed E-state index contributed by atoms with van der Waals surface area (Å²) in [5.74, 6) is -0.0367. The highest BCUT2D eigenvalue weighted by molar-refractivity contribution is 5.66. The van der Waals surface area contributed by atoms with Gasteiger partial charge in [0, 0.05) is 18.0 Å². The summed E-state index contributed by atoms with van der Waals surface area (Å²) in [5, 5.41) is 19.0. The Kier molecular flexibility index (Phi) is 5.98. The first kappa shape index (κ1) is 16.5. The Morgan fingerprint density at radius 3 is 2.55 bits per heavy atom. The molecule has 0 spiro atoms. The minimum Gasteiger partial charge on any atom is -0.496 e. The molecule has 1 aromatic carbocycles. The van der Waals surface area contributed by atoms with Crippen LogP contribution in [0.15, 0.2) is 18.2 Å². The minimum atomic E-state index is -0.942. The van der Waals surface area contributed by atoms with Gasteiger partial charge in [0.15, 0.2) is 0 Å². The fourth-order valence-corrected chi connectivity index (χ4v) is 2.02. The van der Waals surface area contributed by atoms with Crippen molar-refractivity contribution in [3.8, 4) is 5.75 Å². The molecule has 112 valence electrons. The van der Waals surface area contributed by atoms with Crippen molar-refractivity contribution in [1.82, 2.24) is 0 Å². The van der Waals surface area contributed by atoms with Crippen LogP contribution in [0.25, 0.3) is 0 Å². The van der Waals surface area contributed by atoms with Crippen LogP contribution in [0.2, 0.25) is 0 Å². The van der Waals surface area contributed by atoms with E-state index >= 15 is 0 Å². The van der Waals surface area contributed by atoms with Gasteiger partial charge in [0.1, 0.15) is 5.75 Å². The molecule has 0 aliphatic heterocycles. The van der Waals surface area contributed by atoms with Crippen LogP contribution in [-0.2, 0) is 4.79 Å². The van der Waals surface area contributed by atoms with E-state index in [1.165, 1.54) is 7.11 Å². The van der Waals surface area contributed by atoms with E-state index in [4.69, 9.17) is 15.6 Å². The monoisotopic (exact) mass is 281 g/mol. The third-order valence-electron chi connectivity index (χ3n) is 3.34. The molecule has 0 radical (unpaired) electrons. The predicted octanol–water partition coefficient (Wildman–Crippen LogP) is 2.04. The molecule has 5 heteroatoms. The molecular weight excluding hydrogens is 258 g/mol. The van der Waals surface area contributed by atoms with E-state index in [2.05, 4.69) is 13.8 Å². The van der Waals surface area contributed by atoms with E-state index in [1.54, 1.807) is 6.07 Å². The summed E-state index contributed by atoms with van der Waals surface area (Å²) in [7, 11) is 1.53. The van der Waals surface area contributed by atoms with Crippen molar-refractivity contribution in [2.24, 2.45) is 5.73 Å². The van der Waals surface area contributed by atoms with Gasteiger partial charge in [-0.05, 0) is 30.0 Å². The first-order valence-electron chi connectivity index (χ1n) is 6.70. The molecule has 0 saturated carbocycles. The van der Waals surface area contributed by atoms with Crippen LogP contribution >= 0.6 is 0 Å². The molecule has 0 fully saturated rings. The van der Waals surface area contributed by atoms with Gasteiger partial charge in [0.05, 0.1) is 13.2 Å². The Labute approximate surface area is 119 Å². The number of ether oxygens (including phenoxy) is 1. The second-order valence-corrected chi connectivity index (χ2v) is 5.20. The minimum absolute atomic E-state index is 0.0651. The molecule has 0 saturated heterocycles. The summed E-state index contributed by atoms with van der Waals surface area (Å²) in [6.45, 7) is 4.12. The number of hydrogen-bond acceptors (Lipinski definition) is 4. The van der Waals surface area contributed by atoms with Crippen molar-refractivity contribution < 1.29 is 19.7 Å². The van der Waals surface area contributed by atoms with Crippen LogP contribution in [0.1, 0.15) is 49.8 Å².